The van der Waals surface area contributed by atoms with E-state index in [2.05, 4.69) is 29.6 Å². The molecule has 0 aliphatic heterocycles. The lowest BCUT2D eigenvalue weighted by Gasteiger charge is -2.17. The van der Waals surface area contributed by atoms with E-state index in [1.165, 1.54) is 11.1 Å². The quantitative estimate of drug-likeness (QED) is 0.887. The number of carbonyl (C=O) groups is 1. The average Bonchev–Trinajstić information content (AvgIpc) is 2.94. The number of hydrogen-bond acceptors (Lipinski definition) is 2. The van der Waals surface area contributed by atoms with Gasteiger partial charge in [-0.2, -0.15) is 0 Å². The number of benzene rings is 2. The molecule has 2 aromatic carbocycles. The zero-order valence-electron chi connectivity index (χ0n) is 14.4. The number of carbonyl (C=O) groups excluding carboxylic acids is 1. The van der Waals surface area contributed by atoms with Gasteiger partial charge < -0.3 is 10.4 Å². The fraction of sp³-hybridized carbons (Fsp3) is 0.381. The molecule has 0 unspecified atom stereocenters. The van der Waals surface area contributed by atoms with Gasteiger partial charge in [0.1, 0.15) is 0 Å². The standard InChI is InChI=1S/C21H25NO2/c1-21(2,24)11-10-15-6-5-9-18(12-15)20(23)22-19-13-16-7-3-4-8-17(16)14-19/h3-9,12,19,24H,10-11,13-14H2,1-2H3,(H,22,23). The summed E-state index contributed by atoms with van der Waals surface area (Å²) in [5.41, 5.74) is 3.76. The summed E-state index contributed by atoms with van der Waals surface area (Å²) in [4.78, 5) is 12.5. The van der Waals surface area contributed by atoms with Crippen LogP contribution in [0.5, 0.6) is 0 Å². The first kappa shape index (κ1) is 16.7. The van der Waals surface area contributed by atoms with Crippen molar-refractivity contribution in [2.24, 2.45) is 0 Å². The maximum absolute atomic E-state index is 12.5. The Bertz CT molecular complexity index is 706. The highest BCUT2D eigenvalue weighted by atomic mass is 16.3. The van der Waals surface area contributed by atoms with Gasteiger partial charge in [0.15, 0.2) is 0 Å². The van der Waals surface area contributed by atoms with Gasteiger partial charge in [-0.05, 0) is 68.4 Å². The first-order valence-electron chi connectivity index (χ1n) is 8.60. The second-order valence-electron chi connectivity index (χ2n) is 7.36. The number of hydrogen-bond donors (Lipinski definition) is 2. The molecule has 3 heteroatoms. The van der Waals surface area contributed by atoms with E-state index in [9.17, 15) is 9.90 Å². The third-order valence-corrected chi connectivity index (χ3v) is 4.60. The van der Waals surface area contributed by atoms with E-state index in [0.29, 0.717) is 12.0 Å². The van der Waals surface area contributed by atoms with Crippen molar-refractivity contribution in [2.75, 3.05) is 0 Å². The van der Waals surface area contributed by atoms with Crippen LogP contribution in [0.4, 0.5) is 0 Å². The fourth-order valence-electron chi connectivity index (χ4n) is 3.25. The Morgan fingerprint density at radius 1 is 1.12 bits per heavy atom. The Hall–Kier alpha value is -2.13. The molecule has 0 heterocycles. The predicted molar refractivity (Wildman–Crippen MR) is 96.2 cm³/mol. The first-order valence-corrected chi connectivity index (χ1v) is 8.60. The van der Waals surface area contributed by atoms with E-state index in [-0.39, 0.29) is 11.9 Å². The van der Waals surface area contributed by atoms with E-state index in [1.807, 2.05) is 24.3 Å². The summed E-state index contributed by atoms with van der Waals surface area (Å²) in [5.74, 6) is -0.0158. The van der Waals surface area contributed by atoms with Crippen molar-refractivity contribution in [2.45, 2.75) is 51.2 Å². The number of aliphatic hydroxyl groups is 1. The second-order valence-corrected chi connectivity index (χ2v) is 7.36. The Kier molecular flexibility index (Phi) is 4.72. The summed E-state index contributed by atoms with van der Waals surface area (Å²) in [6, 6.07) is 16.3. The van der Waals surface area contributed by atoms with E-state index >= 15 is 0 Å². The molecule has 24 heavy (non-hydrogen) atoms. The van der Waals surface area contributed by atoms with Crippen LogP contribution < -0.4 is 5.32 Å². The minimum absolute atomic E-state index is 0.0158. The van der Waals surface area contributed by atoms with E-state index in [1.54, 1.807) is 13.8 Å². The average molecular weight is 323 g/mol. The summed E-state index contributed by atoms with van der Waals surface area (Å²) in [6.07, 6.45) is 3.25. The molecule has 0 spiro atoms. The van der Waals surface area contributed by atoms with Crippen LogP contribution in [0.1, 0.15) is 47.3 Å². The SMILES string of the molecule is CC(C)(O)CCc1cccc(C(=O)NC2Cc3ccccc3C2)c1. The lowest BCUT2D eigenvalue weighted by atomic mass is 9.98. The Balaban J connectivity index is 1.62. The van der Waals surface area contributed by atoms with E-state index in [4.69, 9.17) is 0 Å². The molecule has 0 bridgehead atoms. The molecule has 0 aromatic heterocycles. The molecule has 3 rings (SSSR count). The molecule has 0 atom stereocenters. The van der Waals surface area contributed by atoms with Crippen molar-refractivity contribution in [1.82, 2.24) is 5.32 Å². The van der Waals surface area contributed by atoms with Gasteiger partial charge in [-0.15, -0.1) is 0 Å². The highest BCUT2D eigenvalue weighted by molar-refractivity contribution is 5.94. The van der Waals surface area contributed by atoms with Crippen molar-refractivity contribution < 1.29 is 9.90 Å². The van der Waals surface area contributed by atoms with Crippen LogP contribution in [-0.2, 0) is 19.3 Å². The highest BCUT2D eigenvalue weighted by Crippen LogP contribution is 2.22. The van der Waals surface area contributed by atoms with Gasteiger partial charge in [0.2, 0.25) is 0 Å². The molecule has 0 radical (unpaired) electrons. The Morgan fingerprint density at radius 3 is 2.42 bits per heavy atom. The highest BCUT2D eigenvalue weighted by Gasteiger charge is 2.23. The van der Waals surface area contributed by atoms with Crippen molar-refractivity contribution in [3.63, 3.8) is 0 Å². The predicted octanol–water partition coefficient (Wildman–Crippen LogP) is 3.29. The first-order chi connectivity index (χ1) is 11.4. The zero-order valence-corrected chi connectivity index (χ0v) is 14.4. The van der Waals surface area contributed by atoms with Crippen LogP contribution in [0, 0.1) is 0 Å². The summed E-state index contributed by atoms with van der Waals surface area (Å²) in [7, 11) is 0. The third-order valence-electron chi connectivity index (χ3n) is 4.60. The van der Waals surface area contributed by atoms with Gasteiger partial charge in [0.05, 0.1) is 5.60 Å². The lowest BCUT2D eigenvalue weighted by Crippen LogP contribution is -2.35. The smallest absolute Gasteiger partial charge is 0.251 e. The topological polar surface area (TPSA) is 49.3 Å². The van der Waals surface area contributed by atoms with E-state index in [0.717, 1.165) is 24.8 Å². The van der Waals surface area contributed by atoms with Crippen LogP contribution >= 0.6 is 0 Å². The molecular weight excluding hydrogens is 298 g/mol. The van der Waals surface area contributed by atoms with Crippen molar-refractivity contribution in [3.8, 4) is 0 Å². The number of nitrogens with one attached hydrogen (secondary N) is 1. The number of amides is 1. The molecule has 3 nitrogen and oxygen atoms in total. The third kappa shape index (κ3) is 4.24. The molecular formula is C21H25NO2. The number of aryl methyl sites for hydroxylation is 1. The molecule has 2 aromatic rings. The van der Waals surface area contributed by atoms with Crippen molar-refractivity contribution >= 4 is 5.91 Å². The Labute approximate surface area is 143 Å². The summed E-state index contributed by atoms with van der Waals surface area (Å²) in [5, 5.41) is 13.0. The Morgan fingerprint density at radius 2 is 1.79 bits per heavy atom. The second kappa shape index (κ2) is 6.78. The van der Waals surface area contributed by atoms with Crippen molar-refractivity contribution in [3.05, 3.63) is 70.8 Å². The minimum atomic E-state index is -0.687. The van der Waals surface area contributed by atoms with Crippen LogP contribution in [-0.4, -0.2) is 22.7 Å². The lowest BCUT2D eigenvalue weighted by molar-refractivity contribution is 0.0714. The summed E-state index contributed by atoms with van der Waals surface area (Å²) >= 11 is 0. The maximum atomic E-state index is 12.5. The summed E-state index contributed by atoms with van der Waals surface area (Å²) < 4.78 is 0. The molecule has 1 aliphatic carbocycles. The molecule has 0 fully saturated rings. The number of rotatable bonds is 5. The van der Waals surface area contributed by atoms with Gasteiger partial charge in [0.25, 0.3) is 5.91 Å². The van der Waals surface area contributed by atoms with Crippen LogP contribution in [0.2, 0.25) is 0 Å². The largest absolute Gasteiger partial charge is 0.390 e. The molecule has 1 aliphatic rings. The van der Waals surface area contributed by atoms with Crippen molar-refractivity contribution in [1.29, 1.82) is 0 Å². The van der Waals surface area contributed by atoms with Crippen LogP contribution in [0.15, 0.2) is 48.5 Å². The van der Waals surface area contributed by atoms with Crippen LogP contribution in [0.3, 0.4) is 0 Å². The molecule has 0 saturated heterocycles. The number of fused-ring (bicyclic) bond motifs is 1. The molecule has 0 saturated carbocycles. The van der Waals surface area contributed by atoms with Gasteiger partial charge in [-0.25, -0.2) is 0 Å². The molecule has 126 valence electrons. The molecule has 1 amide bonds. The molecule has 2 N–H and O–H groups in total. The normalized spacial score (nSPS) is 14.5. The van der Waals surface area contributed by atoms with Crippen LogP contribution in [0.25, 0.3) is 0 Å². The van der Waals surface area contributed by atoms with Gasteiger partial charge >= 0.3 is 0 Å². The monoisotopic (exact) mass is 323 g/mol. The van der Waals surface area contributed by atoms with Gasteiger partial charge in [-0.3, -0.25) is 4.79 Å². The van der Waals surface area contributed by atoms with Gasteiger partial charge in [-0.1, -0.05) is 36.4 Å². The zero-order chi connectivity index (χ0) is 17.2. The van der Waals surface area contributed by atoms with E-state index < -0.39 is 5.60 Å². The van der Waals surface area contributed by atoms with Gasteiger partial charge in [0, 0.05) is 11.6 Å². The minimum Gasteiger partial charge on any atom is -0.390 e. The maximum Gasteiger partial charge on any atom is 0.251 e. The fourth-order valence-corrected chi connectivity index (χ4v) is 3.25. The summed E-state index contributed by atoms with van der Waals surface area (Å²) in [6.45, 7) is 3.61.